The molecule has 1 fully saturated rings. The van der Waals surface area contributed by atoms with Crippen molar-refractivity contribution >= 4 is 11.8 Å². The third-order valence-electron chi connectivity index (χ3n) is 7.97. The lowest BCUT2D eigenvalue weighted by Gasteiger charge is -2.21. The minimum atomic E-state index is -0.594. The van der Waals surface area contributed by atoms with Gasteiger partial charge < -0.3 is 23.7 Å². The third-order valence-corrected chi connectivity index (χ3v) is 7.97. The molecular weight excluding hydrogens is 632 g/mol. The van der Waals surface area contributed by atoms with Crippen molar-refractivity contribution in [3.05, 3.63) is 118 Å². The number of nitriles is 2. The maximum atomic E-state index is 13.0. The van der Waals surface area contributed by atoms with Gasteiger partial charge in [-0.3, -0.25) is 4.79 Å². The molecule has 0 saturated heterocycles. The highest BCUT2D eigenvalue weighted by Crippen LogP contribution is 2.35. The number of ketones is 1. The lowest BCUT2D eigenvalue weighted by Crippen LogP contribution is -2.19. The normalized spacial score (nSPS) is 11.9. The fourth-order valence-corrected chi connectivity index (χ4v) is 5.39. The number of hydrogen-bond acceptors (Lipinski definition) is 9. The van der Waals surface area contributed by atoms with Gasteiger partial charge in [0.2, 0.25) is 0 Å². The second-order valence-corrected chi connectivity index (χ2v) is 11.1. The van der Waals surface area contributed by atoms with Gasteiger partial charge in [-0.25, -0.2) is 4.79 Å². The van der Waals surface area contributed by atoms with Crippen LogP contribution >= 0.6 is 0 Å². The van der Waals surface area contributed by atoms with Gasteiger partial charge in [0.1, 0.15) is 25.4 Å². The molecule has 4 aromatic rings. The average molecular weight is 677 g/mol. The van der Waals surface area contributed by atoms with Crippen molar-refractivity contribution in [2.75, 3.05) is 21.3 Å². The first-order chi connectivity index (χ1) is 24.4. The number of nitrogens with zero attached hydrogens (tertiary/aromatic N) is 2. The molecule has 1 aliphatic carbocycles. The maximum absolute atomic E-state index is 13.0. The highest BCUT2D eigenvalue weighted by Gasteiger charge is 2.26. The lowest BCUT2D eigenvalue weighted by molar-refractivity contribution is 0.0599. The van der Waals surface area contributed by atoms with Crippen LogP contribution in [0.15, 0.2) is 84.9 Å². The number of carbonyl (C=O) groups is 2. The number of methoxy groups -OCH3 is 3. The lowest BCUT2D eigenvalue weighted by atomic mass is 9.83. The van der Waals surface area contributed by atoms with E-state index in [1.165, 1.54) is 39.9 Å². The molecule has 0 bridgehead atoms. The summed E-state index contributed by atoms with van der Waals surface area (Å²) in [4.78, 5) is 24.7. The van der Waals surface area contributed by atoms with Gasteiger partial charge >= 0.3 is 5.97 Å². The van der Waals surface area contributed by atoms with E-state index in [0.717, 1.165) is 36.8 Å². The number of ether oxygens (including phenoxy) is 5. The Balaban J connectivity index is 0.000000261. The van der Waals surface area contributed by atoms with Gasteiger partial charge in [0, 0.05) is 23.6 Å². The van der Waals surface area contributed by atoms with Gasteiger partial charge in [-0.15, -0.1) is 0 Å². The first kappa shape index (κ1) is 38.6. The van der Waals surface area contributed by atoms with E-state index in [4.69, 9.17) is 24.2 Å². The topological polar surface area (TPSA) is 128 Å². The van der Waals surface area contributed by atoms with Gasteiger partial charge in [0.15, 0.2) is 28.8 Å². The summed E-state index contributed by atoms with van der Waals surface area (Å²) in [7, 11) is 4.27. The molecule has 0 spiro atoms. The standard InChI is InChI=1S/C22H23NO3.C17H15NO4.C2H6/c1-25-20-12-18(14-23)19(22(24)17-10-6-3-7-11-17)13-21(20)26-15-16-8-4-2-5-9-16;1-20-15-8-13(10-18)14(17(19)21-2)9-16(15)22-11-12-6-4-3-5-7-12;1-2/h2,4-5,8-9,12-13,17H,3,6-7,10-11,15H2,1H3;3-9H,11H2,1-2H3;1-2H3. The van der Waals surface area contributed by atoms with E-state index in [2.05, 4.69) is 10.8 Å². The van der Waals surface area contributed by atoms with Crippen LogP contribution in [0.2, 0.25) is 0 Å². The second-order valence-electron chi connectivity index (χ2n) is 11.1. The monoisotopic (exact) mass is 676 g/mol. The number of esters is 1. The maximum Gasteiger partial charge on any atom is 0.339 e. The highest BCUT2D eigenvalue weighted by atomic mass is 16.5. The summed E-state index contributed by atoms with van der Waals surface area (Å²) in [6.45, 7) is 4.70. The fourth-order valence-electron chi connectivity index (χ4n) is 5.39. The summed E-state index contributed by atoms with van der Waals surface area (Å²) in [5.74, 6) is 1.20. The van der Waals surface area contributed by atoms with Crippen LogP contribution in [-0.4, -0.2) is 33.1 Å². The zero-order valence-electron chi connectivity index (χ0n) is 29.4. The molecule has 0 radical (unpaired) electrons. The summed E-state index contributed by atoms with van der Waals surface area (Å²) >= 11 is 0. The quantitative estimate of drug-likeness (QED) is 0.113. The Morgan fingerprint density at radius 1 is 0.640 bits per heavy atom. The molecule has 0 N–H and O–H groups in total. The van der Waals surface area contributed by atoms with E-state index >= 15 is 0 Å². The molecular formula is C41H44N2O7. The van der Waals surface area contributed by atoms with Gasteiger partial charge in [-0.05, 0) is 36.1 Å². The Kier molecular flexibility index (Phi) is 15.9. The average Bonchev–Trinajstić information content (AvgIpc) is 3.20. The minimum absolute atomic E-state index is 0.00576. The minimum Gasteiger partial charge on any atom is -0.493 e. The van der Waals surface area contributed by atoms with Gasteiger partial charge in [-0.2, -0.15) is 10.5 Å². The second kappa shape index (κ2) is 20.5. The van der Waals surface area contributed by atoms with Crippen LogP contribution in [0.25, 0.3) is 0 Å². The van der Waals surface area contributed by atoms with Crippen molar-refractivity contribution < 1.29 is 33.3 Å². The van der Waals surface area contributed by atoms with Crippen LogP contribution in [0.1, 0.15) is 88.9 Å². The van der Waals surface area contributed by atoms with Crippen LogP contribution < -0.4 is 18.9 Å². The van der Waals surface area contributed by atoms with E-state index < -0.39 is 5.97 Å². The number of Topliss-reactive ketones (excluding diaryl/α,β-unsaturated/α-hetero) is 1. The van der Waals surface area contributed by atoms with Crippen molar-refractivity contribution in [3.63, 3.8) is 0 Å². The summed E-state index contributed by atoms with van der Waals surface area (Å²) < 4.78 is 26.9. The van der Waals surface area contributed by atoms with Gasteiger partial charge in [0.25, 0.3) is 0 Å². The number of benzene rings is 4. The van der Waals surface area contributed by atoms with Crippen molar-refractivity contribution in [2.24, 2.45) is 5.92 Å². The Labute approximate surface area is 294 Å². The number of rotatable bonds is 11. The molecule has 1 saturated carbocycles. The molecule has 4 aromatic carbocycles. The van der Waals surface area contributed by atoms with Gasteiger partial charge in [-0.1, -0.05) is 93.8 Å². The third kappa shape index (κ3) is 10.6. The molecule has 0 amide bonds. The molecule has 260 valence electrons. The van der Waals surface area contributed by atoms with Crippen LogP contribution in [0.4, 0.5) is 0 Å². The molecule has 9 heteroatoms. The smallest absolute Gasteiger partial charge is 0.339 e. The zero-order valence-corrected chi connectivity index (χ0v) is 29.4. The predicted octanol–water partition coefficient (Wildman–Crippen LogP) is 8.87. The van der Waals surface area contributed by atoms with Crippen molar-refractivity contribution in [3.8, 4) is 35.1 Å². The van der Waals surface area contributed by atoms with E-state index in [1.54, 1.807) is 12.1 Å². The highest BCUT2D eigenvalue weighted by molar-refractivity contribution is 6.00. The number of carbonyl (C=O) groups excluding carboxylic acids is 2. The SMILES string of the molecule is CC.COC(=O)c1cc(OCc2ccccc2)c(OC)cc1C#N.COc1cc(C#N)c(C(=O)C2CCCCC2)cc1OCc1ccccc1. The summed E-state index contributed by atoms with van der Waals surface area (Å²) in [5.41, 5.74) is 3.13. The van der Waals surface area contributed by atoms with Crippen LogP contribution in [-0.2, 0) is 18.0 Å². The Bertz CT molecular complexity index is 1770. The fraction of sp³-hybridized carbons (Fsp3) is 0.317. The first-order valence-electron chi connectivity index (χ1n) is 16.6. The molecule has 1 aliphatic rings. The van der Waals surface area contributed by atoms with E-state index in [1.807, 2.05) is 80.6 Å². The largest absolute Gasteiger partial charge is 0.493 e. The molecule has 0 aromatic heterocycles. The molecule has 0 unspecified atom stereocenters. The summed E-state index contributed by atoms with van der Waals surface area (Å²) in [6, 6.07) is 29.7. The predicted molar refractivity (Wildman–Crippen MR) is 191 cm³/mol. The molecule has 5 rings (SSSR count). The van der Waals surface area contributed by atoms with Crippen LogP contribution in [0, 0.1) is 28.6 Å². The molecule has 0 heterocycles. The Morgan fingerprint density at radius 3 is 1.50 bits per heavy atom. The van der Waals surface area contributed by atoms with Crippen molar-refractivity contribution in [1.82, 2.24) is 0 Å². The molecule has 50 heavy (non-hydrogen) atoms. The molecule has 0 atom stereocenters. The van der Waals surface area contributed by atoms with Crippen LogP contribution in [0.3, 0.4) is 0 Å². The zero-order chi connectivity index (χ0) is 36.3. The van der Waals surface area contributed by atoms with Crippen LogP contribution in [0.5, 0.6) is 23.0 Å². The van der Waals surface area contributed by atoms with Gasteiger partial charge in [0.05, 0.1) is 38.0 Å². The Hall–Kier alpha value is -5.80. The van der Waals surface area contributed by atoms with E-state index in [9.17, 15) is 14.9 Å². The van der Waals surface area contributed by atoms with Crippen molar-refractivity contribution in [2.45, 2.75) is 59.2 Å². The summed E-state index contributed by atoms with van der Waals surface area (Å²) in [5, 5.41) is 18.6. The summed E-state index contributed by atoms with van der Waals surface area (Å²) in [6.07, 6.45) is 5.13. The van der Waals surface area contributed by atoms with E-state index in [0.29, 0.717) is 47.3 Å². The molecule has 0 aliphatic heterocycles. The molecule has 9 nitrogen and oxygen atoms in total. The Morgan fingerprint density at radius 2 is 1.08 bits per heavy atom. The number of hydrogen-bond donors (Lipinski definition) is 0. The van der Waals surface area contributed by atoms with E-state index in [-0.39, 0.29) is 22.8 Å². The van der Waals surface area contributed by atoms with Crippen molar-refractivity contribution in [1.29, 1.82) is 10.5 Å². The first-order valence-corrected chi connectivity index (χ1v) is 16.6.